The molecule has 4 rings (SSSR count). The third kappa shape index (κ3) is 3.37. The summed E-state index contributed by atoms with van der Waals surface area (Å²) in [6.45, 7) is 4.04. The molecule has 0 atom stereocenters. The van der Waals surface area contributed by atoms with Crippen LogP contribution in [0.2, 0.25) is 0 Å². The van der Waals surface area contributed by atoms with Crippen LogP contribution < -0.4 is 19.5 Å². The summed E-state index contributed by atoms with van der Waals surface area (Å²) in [6, 6.07) is 10.5. The minimum atomic E-state index is -0.578. The number of benzene rings is 2. The Morgan fingerprint density at radius 3 is 2.68 bits per heavy atom. The van der Waals surface area contributed by atoms with Crippen LogP contribution >= 0.6 is 0 Å². The highest BCUT2D eigenvalue weighted by Gasteiger charge is 2.26. The molecule has 1 N–H and O–H groups in total. The van der Waals surface area contributed by atoms with Gasteiger partial charge in [-0.3, -0.25) is 10.1 Å². The van der Waals surface area contributed by atoms with E-state index in [0.717, 1.165) is 11.1 Å². The Labute approximate surface area is 160 Å². The Bertz CT molecular complexity index is 1070. The number of hydrogen-bond donors (Lipinski definition) is 1. The first-order chi connectivity index (χ1) is 13.5. The molecule has 0 amide bonds. The van der Waals surface area contributed by atoms with Gasteiger partial charge in [-0.05, 0) is 49.2 Å². The number of ether oxygens (including phenoxy) is 3. The molecule has 2 aromatic carbocycles. The summed E-state index contributed by atoms with van der Waals surface area (Å²) < 4.78 is 16.3. The van der Waals surface area contributed by atoms with Crippen molar-refractivity contribution in [2.45, 2.75) is 13.8 Å². The predicted molar refractivity (Wildman–Crippen MR) is 101 cm³/mol. The molecule has 1 aliphatic rings. The lowest BCUT2D eigenvalue weighted by Gasteiger charge is -2.10. The van der Waals surface area contributed by atoms with E-state index in [2.05, 4.69) is 15.3 Å². The lowest BCUT2D eigenvalue weighted by molar-refractivity contribution is -0.385. The van der Waals surface area contributed by atoms with E-state index in [-0.39, 0.29) is 24.2 Å². The summed E-state index contributed by atoms with van der Waals surface area (Å²) in [5, 5.41) is 14.6. The van der Waals surface area contributed by atoms with Gasteiger partial charge >= 0.3 is 11.6 Å². The first kappa shape index (κ1) is 17.5. The van der Waals surface area contributed by atoms with Crippen molar-refractivity contribution in [1.29, 1.82) is 0 Å². The fraction of sp³-hybridized carbons (Fsp3) is 0.158. The topological polar surface area (TPSA) is 109 Å². The standard InChI is InChI=1S/C19H16N4O5/c1-11-3-5-14(7-12(11)2)28-19-17(23(24)25)18(20-9-21-19)22-13-4-6-15-16(8-13)27-10-26-15/h3-9H,10H2,1-2H3,(H,20,21,22). The quantitative estimate of drug-likeness (QED) is 0.516. The highest BCUT2D eigenvalue weighted by molar-refractivity contribution is 5.70. The SMILES string of the molecule is Cc1ccc(Oc2ncnc(Nc3ccc4c(c3)OCO4)c2[N+](=O)[O-])cc1C. The number of nitrogens with one attached hydrogen (secondary N) is 1. The second kappa shape index (κ2) is 7.03. The molecule has 9 heteroatoms. The smallest absolute Gasteiger partial charge is 0.373 e. The van der Waals surface area contributed by atoms with Gasteiger partial charge in [-0.15, -0.1) is 0 Å². The van der Waals surface area contributed by atoms with Crippen LogP contribution in [-0.2, 0) is 0 Å². The van der Waals surface area contributed by atoms with Crippen molar-refractivity contribution in [3.8, 4) is 23.1 Å². The number of fused-ring (bicyclic) bond motifs is 1. The van der Waals surface area contributed by atoms with Crippen LogP contribution in [0.1, 0.15) is 11.1 Å². The van der Waals surface area contributed by atoms with Crippen molar-refractivity contribution in [2.75, 3.05) is 12.1 Å². The third-order valence-electron chi connectivity index (χ3n) is 4.30. The molecule has 0 saturated heterocycles. The average Bonchev–Trinajstić information content (AvgIpc) is 3.12. The Balaban J connectivity index is 1.67. The lowest BCUT2D eigenvalue weighted by Crippen LogP contribution is -2.03. The van der Waals surface area contributed by atoms with Crippen LogP contribution in [0.3, 0.4) is 0 Å². The second-order valence-electron chi connectivity index (χ2n) is 6.17. The van der Waals surface area contributed by atoms with E-state index in [1.54, 1.807) is 30.3 Å². The summed E-state index contributed by atoms with van der Waals surface area (Å²) >= 11 is 0. The zero-order chi connectivity index (χ0) is 19.7. The summed E-state index contributed by atoms with van der Waals surface area (Å²) in [5.74, 6) is 1.48. The maximum atomic E-state index is 11.7. The number of hydrogen-bond acceptors (Lipinski definition) is 8. The molecule has 0 radical (unpaired) electrons. The van der Waals surface area contributed by atoms with Gasteiger partial charge in [-0.1, -0.05) is 6.07 Å². The van der Waals surface area contributed by atoms with E-state index < -0.39 is 4.92 Å². The minimum absolute atomic E-state index is 0.0118. The summed E-state index contributed by atoms with van der Waals surface area (Å²) in [7, 11) is 0. The van der Waals surface area contributed by atoms with Crippen LogP contribution in [-0.4, -0.2) is 21.7 Å². The van der Waals surface area contributed by atoms with E-state index in [0.29, 0.717) is 22.9 Å². The van der Waals surface area contributed by atoms with Crippen LogP contribution in [0.4, 0.5) is 17.2 Å². The molecular weight excluding hydrogens is 364 g/mol. The van der Waals surface area contributed by atoms with Crippen molar-refractivity contribution in [3.63, 3.8) is 0 Å². The minimum Gasteiger partial charge on any atom is -0.454 e. The Hall–Kier alpha value is -3.88. The molecule has 0 aliphatic carbocycles. The summed E-state index contributed by atoms with van der Waals surface area (Å²) in [4.78, 5) is 19.1. The fourth-order valence-corrected chi connectivity index (χ4v) is 2.69. The lowest BCUT2D eigenvalue weighted by atomic mass is 10.1. The maximum absolute atomic E-state index is 11.7. The van der Waals surface area contributed by atoms with Crippen molar-refractivity contribution >= 4 is 17.2 Å². The Morgan fingerprint density at radius 1 is 1.07 bits per heavy atom. The normalized spacial score (nSPS) is 11.9. The van der Waals surface area contributed by atoms with Gasteiger partial charge in [0.2, 0.25) is 12.6 Å². The highest BCUT2D eigenvalue weighted by atomic mass is 16.7. The largest absolute Gasteiger partial charge is 0.454 e. The van der Waals surface area contributed by atoms with Crippen LogP contribution in [0.25, 0.3) is 0 Å². The molecule has 28 heavy (non-hydrogen) atoms. The first-order valence-electron chi connectivity index (χ1n) is 8.42. The number of aryl methyl sites for hydroxylation is 2. The monoisotopic (exact) mass is 380 g/mol. The van der Waals surface area contributed by atoms with Gasteiger partial charge in [-0.25, -0.2) is 4.98 Å². The third-order valence-corrected chi connectivity index (χ3v) is 4.30. The summed E-state index contributed by atoms with van der Waals surface area (Å²) in [6.07, 6.45) is 1.21. The molecule has 0 saturated carbocycles. The number of nitrogens with zero attached hydrogens (tertiary/aromatic N) is 3. The molecule has 3 aromatic rings. The van der Waals surface area contributed by atoms with Gasteiger partial charge in [0.25, 0.3) is 0 Å². The van der Waals surface area contributed by atoms with Gasteiger partial charge in [0.05, 0.1) is 4.92 Å². The Kier molecular flexibility index (Phi) is 4.40. The van der Waals surface area contributed by atoms with Crippen molar-refractivity contribution < 1.29 is 19.1 Å². The molecule has 142 valence electrons. The van der Waals surface area contributed by atoms with Crippen LogP contribution in [0, 0.1) is 24.0 Å². The van der Waals surface area contributed by atoms with E-state index in [1.807, 2.05) is 19.9 Å². The van der Waals surface area contributed by atoms with E-state index in [4.69, 9.17) is 14.2 Å². The highest BCUT2D eigenvalue weighted by Crippen LogP contribution is 2.38. The zero-order valence-electron chi connectivity index (χ0n) is 15.1. The Morgan fingerprint density at radius 2 is 1.89 bits per heavy atom. The van der Waals surface area contributed by atoms with Crippen molar-refractivity contribution in [3.05, 3.63) is 64.0 Å². The van der Waals surface area contributed by atoms with Crippen molar-refractivity contribution in [1.82, 2.24) is 9.97 Å². The summed E-state index contributed by atoms with van der Waals surface area (Å²) in [5.41, 5.74) is 2.30. The van der Waals surface area contributed by atoms with Gasteiger partial charge in [0.15, 0.2) is 11.5 Å². The van der Waals surface area contributed by atoms with Gasteiger partial charge < -0.3 is 19.5 Å². The molecule has 0 fully saturated rings. The molecule has 0 unspecified atom stereocenters. The van der Waals surface area contributed by atoms with Crippen LogP contribution in [0.15, 0.2) is 42.7 Å². The van der Waals surface area contributed by atoms with Crippen LogP contribution in [0.5, 0.6) is 23.1 Å². The average molecular weight is 380 g/mol. The fourth-order valence-electron chi connectivity index (χ4n) is 2.69. The molecule has 1 aliphatic heterocycles. The number of nitro groups is 1. The predicted octanol–water partition coefficient (Wildman–Crippen LogP) is 4.27. The van der Waals surface area contributed by atoms with Gasteiger partial charge in [0, 0.05) is 11.8 Å². The number of aromatic nitrogens is 2. The molecule has 0 bridgehead atoms. The molecular formula is C19H16N4O5. The molecule has 1 aromatic heterocycles. The number of rotatable bonds is 5. The molecule has 0 spiro atoms. The van der Waals surface area contributed by atoms with Crippen molar-refractivity contribution in [2.24, 2.45) is 0 Å². The van der Waals surface area contributed by atoms with Gasteiger partial charge in [0.1, 0.15) is 12.1 Å². The second-order valence-corrected chi connectivity index (χ2v) is 6.17. The molecule has 2 heterocycles. The zero-order valence-corrected chi connectivity index (χ0v) is 15.1. The maximum Gasteiger partial charge on any atom is 0.373 e. The van der Waals surface area contributed by atoms with E-state index in [9.17, 15) is 10.1 Å². The molecule has 9 nitrogen and oxygen atoms in total. The van der Waals surface area contributed by atoms with E-state index >= 15 is 0 Å². The van der Waals surface area contributed by atoms with E-state index in [1.165, 1.54) is 6.33 Å². The number of anilines is 2. The first-order valence-corrected chi connectivity index (χ1v) is 8.42. The van der Waals surface area contributed by atoms with Gasteiger partial charge in [-0.2, -0.15) is 4.98 Å².